The van der Waals surface area contributed by atoms with Crippen molar-refractivity contribution in [1.29, 1.82) is 0 Å². The van der Waals surface area contributed by atoms with E-state index in [1.54, 1.807) is 6.21 Å². The molecule has 0 saturated heterocycles. The van der Waals surface area contributed by atoms with Crippen molar-refractivity contribution in [2.24, 2.45) is 5.10 Å². The van der Waals surface area contributed by atoms with Crippen LogP contribution in [0.3, 0.4) is 0 Å². The Kier molecular flexibility index (Phi) is 10.2. The molecule has 4 rings (SSSR count). The monoisotopic (exact) mass is 519 g/mol. The fraction of sp³-hybridized carbons (Fsp3) is 0.448. The quantitative estimate of drug-likeness (QED) is 0.127. The van der Waals surface area contributed by atoms with Gasteiger partial charge in [-0.2, -0.15) is 5.10 Å². The molecule has 0 bridgehead atoms. The number of benzene rings is 2. The maximum atomic E-state index is 12.5. The van der Waals surface area contributed by atoms with Gasteiger partial charge in [-0.3, -0.25) is 9.36 Å². The molecule has 1 saturated carbocycles. The zero-order chi connectivity index (χ0) is 25.9. The highest BCUT2D eigenvalue weighted by Crippen LogP contribution is 2.35. The number of hydrazone groups is 1. The van der Waals surface area contributed by atoms with Crippen LogP contribution in [0.15, 0.2) is 58.8 Å². The molecule has 1 N–H and O–H groups in total. The van der Waals surface area contributed by atoms with Crippen LogP contribution in [0, 0.1) is 6.92 Å². The molecule has 0 aliphatic heterocycles. The zero-order valence-electron chi connectivity index (χ0n) is 21.9. The van der Waals surface area contributed by atoms with E-state index >= 15 is 0 Å². The fourth-order valence-corrected chi connectivity index (χ4v) is 5.27. The normalized spacial score (nSPS) is 14.2. The third kappa shape index (κ3) is 7.92. The Morgan fingerprint density at radius 1 is 1.08 bits per heavy atom. The lowest BCUT2D eigenvalue weighted by Crippen LogP contribution is -2.20. The molecule has 3 aromatic rings. The first-order valence-corrected chi connectivity index (χ1v) is 14.3. The van der Waals surface area contributed by atoms with Crippen LogP contribution in [0.1, 0.15) is 75.5 Å². The van der Waals surface area contributed by atoms with Crippen LogP contribution in [0.25, 0.3) is 11.4 Å². The number of nitrogens with one attached hydrogen (secondary N) is 1. The Morgan fingerprint density at radius 3 is 2.57 bits per heavy atom. The van der Waals surface area contributed by atoms with E-state index in [1.165, 1.54) is 49.4 Å². The summed E-state index contributed by atoms with van der Waals surface area (Å²) in [5, 5.41) is 13.9. The number of unbranched alkanes of at least 4 members (excludes halogenated alkanes) is 2. The molecule has 0 radical (unpaired) electrons. The van der Waals surface area contributed by atoms with E-state index in [0.29, 0.717) is 6.04 Å². The van der Waals surface area contributed by atoms with Crippen molar-refractivity contribution >= 4 is 23.9 Å². The predicted molar refractivity (Wildman–Crippen MR) is 150 cm³/mol. The Morgan fingerprint density at radius 2 is 1.84 bits per heavy atom. The van der Waals surface area contributed by atoms with Gasteiger partial charge in [-0.25, -0.2) is 5.43 Å². The number of aromatic nitrogens is 3. The largest absolute Gasteiger partial charge is 0.494 e. The third-order valence-corrected chi connectivity index (χ3v) is 7.49. The van der Waals surface area contributed by atoms with Crippen molar-refractivity contribution in [2.75, 3.05) is 12.4 Å². The molecule has 1 aromatic heterocycles. The molecule has 1 fully saturated rings. The van der Waals surface area contributed by atoms with Gasteiger partial charge in [-0.05, 0) is 56.0 Å². The molecule has 196 valence electrons. The molecule has 1 amide bonds. The van der Waals surface area contributed by atoms with Gasteiger partial charge >= 0.3 is 0 Å². The smallest absolute Gasteiger partial charge is 0.250 e. The first-order chi connectivity index (χ1) is 18.1. The molecular formula is C29H37N5O2S. The first kappa shape index (κ1) is 26.9. The summed E-state index contributed by atoms with van der Waals surface area (Å²) in [6, 6.07) is 16.5. The standard InChI is InChI=1S/C29H37N5O2S/c1-3-4-8-19-36-26-17-13-23(14-18-26)20-30-31-27(35)21-37-29-33-32-28(24-15-11-22(2)12-16-24)34(29)25-9-6-5-7-10-25/h11-18,20,25H,3-10,19,21H2,1-2H3,(H,31,35)/b30-20-. The molecule has 0 spiro atoms. The molecule has 1 heterocycles. The second kappa shape index (κ2) is 14.0. The van der Waals surface area contributed by atoms with Crippen molar-refractivity contribution in [1.82, 2.24) is 20.2 Å². The molecule has 2 aromatic carbocycles. The molecule has 8 heteroatoms. The van der Waals surface area contributed by atoms with Crippen molar-refractivity contribution < 1.29 is 9.53 Å². The lowest BCUT2D eigenvalue weighted by molar-refractivity contribution is -0.118. The SMILES string of the molecule is CCCCCOc1ccc(/C=N\NC(=O)CSc2nnc(-c3ccc(C)cc3)n2C2CCCCC2)cc1. The summed E-state index contributed by atoms with van der Waals surface area (Å²) in [6.45, 7) is 4.99. The number of hydrogen-bond donors (Lipinski definition) is 1. The Bertz CT molecular complexity index is 1150. The summed E-state index contributed by atoms with van der Waals surface area (Å²) < 4.78 is 7.99. The topological polar surface area (TPSA) is 81.4 Å². The summed E-state index contributed by atoms with van der Waals surface area (Å²) in [5.41, 5.74) is 5.80. The van der Waals surface area contributed by atoms with Crippen LogP contribution in [0.4, 0.5) is 0 Å². The van der Waals surface area contributed by atoms with Gasteiger partial charge in [0.2, 0.25) is 0 Å². The van der Waals surface area contributed by atoms with Crippen molar-refractivity contribution in [3.63, 3.8) is 0 Å². The van der Waals surface area contributed by atoms with E-state index in [4.69, 9.17) is 4.74 Å². The number of nitrogens with zero attached hydrogens (tertiary/aromatic N) is 4. The molecule has 0 atom stereocenters. The average molecular weight is 520 g/mol. The third-order valence-electron chi connectivity index (χ3n) is 6.55. The summed E-state index contributed by atoms with van der Waals surface area (Å²) in [7, 11) is 0. The highest BCUT2D eigenvalue weighted by molar-refractivity contribution is 7.99. The van der Waals surface area contributed by atoms with Crippen molar-refractivity contribution in [3.8, 4) is 17.1 Å². The number of carbonyl (C=O) groups is 1. The first-order valence-electron chi connectivity index (χ1n) is 13.3. The van der Waals surface area contributed by atoms with Gasteiger partial charge in [0.15, 0.2) is 11.0 Å². The van der Waals surface area contributed by atoms with Gasteiger partial charge in [0.05, 0.1) is 18.6 Å². The maximum Gasteiger partial charge on any atom is 0.250 e. The highest BCUT2D eigenvalue weighted by Gasteiger charge is 2.24. The number of ether oxygens (including phenoxy) is 1. The van der Waals surface area contributed by atoms with Crippen LogP contribution in [0.2, 0.25) is 0 Å². The summed E-state index contributed by atoms with van der Waals surface area (Å²) in [5.74, 6) is 1.78. The van der Waals surface area contributed by atoms with E-state index < -0.39 is 0 Å². The number of aryl methyl sites for hydroxylation is 1. The highest BCUT2D eigenvalue weighted by atomic mass is 32.2. The number of amides is 1. The molecule has 1 aliphatic carbocycles. The number of hydrogen-bond acceptors (Lipinski definition) is 6. The number of carbonyl (C=O) groups excluding carboxylic acids is 1. The molecule has 37 heavy (non-hydrogen) atoms. The second-order valence-corrected chi connectivity index (χ2v) is 10.5. The Balaban J connectivity index is 1.33. The fourth-order valence-electron chi connectivity index (χ4n) is 4.48. The number of thioether (sulfide) groups is 1. The minimum atomic E-state index is -0.174. The van der Waals surface area contributed by atoms with E-state index in [2.05, 4.69) is 63.4 Å². The van der Waals surface area contributed by atoms with Gasteiger partial charge in [-0.1, -0.05) is 80.6 Å². The van der Waals surface area contributed by atoms with Crippen LogP contribution in [0.5, 0.6) is 5.75 Å². The summed E-state index contributed by atoms with van der Waals surface area (Å²) >= 11 is 1.41. The van der Waals surface area contributed by atoms with Crippen LogP contribution in [-0.2, 0) is 4.79 Å². The lowest BCUT2D eigenvalue weighted by atomic mass is 9.95. The molecular weight excluding hydrogens is 482 g/mol. The second-order valence-electron chi connectivity index (χ2n) is 9.54. The zero-order valence-corrected chi connectivity index (χ0v) is 22.7. The lowest BCUT2D eigenvalue weighted by Gasteiger charge is -2.25. The summed E-state index contributed by atoms with van der Waals surface area (Å²) in [4.78, 5) is 12.5. The van der Waals surface area contributed by atoms with Gasteiger partial charge in [-0.15, -0.1) is 10.2 Å². The van der Waals surface area contributed by atoms with Crippen LogP contribution >= 0.6 is 11.8 Å². The Labute approximate surface area is 224 Å². The molecule has 1 aliphatic rings. The molecule has 0 unspecified atom stereocenters. The van der Waals surface area contributed by atoms with Gasteiger partial charge in [0.25, 0.3) is 5.91 Å². The van der Waals surface area contributed by atoms with Crippen molar-refractivity contribution in [3.05, 3.63) is 59.7 Å². The van der Waals surface area contributed by atoms with Crippen LogP contribution in [-0.4, -0.2) is 39.2 Å². The van der Waals surface area contributed by atoms with Crippen molar-refractivity contribution in [2.45, 2.75) is 76.4 Å². The molecule has 7 nitrogen and oxygen atoms in total. The average Bonchev–Trinajstić information content (AvgIpc) is 3.36. The van der Waals surface area contributed by atoms with E-state index in [0.717, 1.165) is 53.7 Å². The van der Waals surface area contributed by atoms with E-state index in [1.807, 2.05) is 24.3 Å². The minimum Gasteiger partial charge on any atom is -0.494 e. The van der Waals surface area contributed by atoms with Gasteiger partial charge < -0.3 is 4.74 Å². The van der Waals surface area contributed by atoms with Gasteiger partial charge in [0.1, 0.15) is 5.75 Å². The predicted octanol–water partition coefficient (Wildman–Crippen LogP) is 6.57. The summed E-state index contributed by atoms with van der Waals surface area (Å²) in [6.07, 6.45) is 11.0. The maximum absolute atomic E-state index is 12.5. The number of rotatable bonds is 12. The minimum absolute atomic E-state index is 0.174. The Hall–Kier alpha value is -3.13. The van der Waals surface area contributed by atoms with E-state index in [-0.39, 0.29) is 11.7 Å². The van der Waals surface area contributed by atoms with Gasteiger partial charge in [0, 0.05) is 11.6 Å². The van der Waals surface area contributed by atoms with Crippen LogP contribution < -0.4 is 10.2 Å². The van der Waals surface area contributed by atoms with E-state index in [9.17, 15) is 4.79 Å².